The molecule has 0 radical (unpaired) electrons. The molecule has 0 saturated heterocycles. The molecule has 0 N–H and O–H groups in total. The number of benzene rings is 2. The zero-order valence-corrected chi connectivity index (χ0v) is 14.5. The SMILES string of the molecule is Cc1ccc(-n2c(CCCl)nc3c(Cl)cccc32)cc1Br. The Hall–Kier alpha value is -1.03. The summed E-state index contributed by atoms with van der Waals surface area (Å²) in [5, 5.41) is 0.660. The molecule has 5 heteroatoms. The Bertz CT molecular complexity index is 811. The first-order valence-corrected chi connectivity index (χ1v) is 8.30. The molecule has 2 nitrogen and oxygen atoms in total. The van der Waals surface area contributed by atoms with Gasteiger partial charge in [-0.25, -0.2) is 4.98 Å². The largest absolute Gasteiger partial charge is 0.296 e. The minimum absolute atomic E-state index is 0.522. The molecule has 0 fully saturated rings. The quantitative estimate of drug-likeness (QED) is 0.543. The third-order valence-electron chi connectivity index (χ3n) is 3.44. The average molecular weight is 384 g/mol. The number of aryl methyl sites for hydroxylation is 2. The highest BCUT2D eigenvalue weighted by Crippen LogP contribution is 2.29. The van der Waals surface area contributed by atoms with Crippen molar-refractivity contribution in [2.75, 3.05) is 5.88 Å². The van der Waals surface area contributed by atoms with Gasteiger partial charge in [-0.15, -0.1) is 11.6 Å². The molecule has 0 aliphatic carbocycles. The normalized spacial score (nSPS) is 11.2. The van der Waals surface area contributed by atoms with Crippen LogP contribution in [0.5, 0.6) is 0 Å². The minimum Gasteiger partial charge on any atom is -0.296 e. The first-order valence-electron chi connectivity index (χ1n) is 6.60. The van der Waals surface area contributed by atoms with E-state index >= 15 is 0 Å². The molecule has 0 amide bonds. The molecule has 2 aromatic carbocycles. The van der Waals surface area contributed by atoms with Crippen molar-refractivity contribution in [3.05, 3.63) is 57.3 Å². The van der Waals surface area contributed by atoms with Crippen molar-refractivity contribution in [2.24, 2.45) is 0 Å². The Kier molecular flexibility index (Phi) is 4.25. The summed E-state index contributed by atoms with van der Waals surface area (Å²) >= 11 is 15.8. The molecule has 3 aromatic rings. The Morgan fingerprint density at radius 2 is 2.05 bits per heavy atom. The zero-order chi connectivity index (χ0) is 15.0. The van der Waals surface area contributed by atoms with Crippen molar-refractivity contribution >= 4 is 50.2 Å². The number of halogens is 3. The van der Waals surface area contributed by atoms with E-state index in [1.54, 1.807) is 0 Å². The molecule has 0 spiro atoms. The van der Waals surface area contributed by atoms with E-state index in [1.807, 2.05) is 18.2 Å². The summed E-state index contributed by atoms with van der Waals surface area (Å²) in [6.07, 6.45) is 0.693. The van der Waals surface area contributed by atoms with Crippen molar-refractivity contribution < 1.29 is 0 Å². The van der Waals surface area contributed by atoms with Crippen molar-refractivity contribution in [3.8, 4) is 5.69 Å². The van der Waals surface area contributed by atoms with Crippen LogP contribution in [-0.2, 0) is 6.42 Å². The molecular weight excluding hydrogens is 371 g/mol. The number of alkyl halides is 1. The second-order valence-corrected chi connectivity index (χ2v) is 6.48. The minimum atomic E-state index is 0.522. The lowest BCUT2D eigenvalue weighted by atomic mass is 10.2. The van der Waals surface area contributed by atoms with Crippen molar-refractivity contribution in [1.29, 1.82) is 0 Å². The monoisotopic (exact) mass is 382 g/mol. The first kappa shape index (κ1) is 14.9. The summed E-state index contributed by atoms with van der Waals surface area (Å²) in [5.74, 6) is 1.44. The smallest absolute Gasteiger partial charge is 0.115 e. The number of hydrogen-bond donors (Lipinski definition) is 0. The van der Waals surface area contributed by atoms with E-state index in [2.05, 4.69) is 50.6 Å². The maximum atomic E-state index is 6.27. The van der Waals surface area contributed by atoms with Gasteiger partial charge in [0, 0.05) is 22.5 Å². The molecule has 1 heterocycles. The van der Waals surface area contributed by atoms with E-state index in [0.717, 1.165) is 27.0 Å². The van der Waals surface area contributed by atoms with Crippen LogP contribution in [0.15, 0.2) is 40.9 Å². The van der Waals surface area contributed by atoms with Gasteiger partial charge >= 0.3 is 0 Å². The highest BCUT2D eigenvalue weighted by molar-refractivity contribution is 9.10. The van der Waals surface area contributed by atoms with Gasteiger partial charge in [0.2, 0.25) is 0 Å². The van der Waals surface area contributed by atoms with Crippen LogP contribution < -0.4 is 0 Å². The summed E-state index contributed by atoms with van der Waals surface area (Å²) in [6.45, 7) is 2.07. The molecule has 3 rings (SSSR count). The Morgan fingerprint density at radius 1 is 1.24 bits per heavy atom. The highest BCUT2D eigenvalue weighted by Gasteiger charge is 2.14. The van der Waals surface area contributed by atoms with Crippen LogP contribution in [0.2, 0.25) is 5.02 Å². The maximum absolute atomic E-state index is 6.27. The van der Waals surface area contributed by atoms with E-state index in [-0.39, 0.29) is 0 Å². The topological polar surface area (TPSA) is 17.8 Å². The first-order chi connectivity index (χ1) is 10.1. The van der Waals surface area contributed by atoms with Crippen molar-refractivity contribution in [1.82, 2.24) is 9.55 Å². The molecule has 0 aliphatic rings. The van der Waals surface area contributed by atoms with Crippen LogP contribution in [0.25, 0.3) is 16.7 Å². The summed E-state index contributed by atoms with van der Waals surface area (Å²) in [4.78, 5) is 4.66. The van der Waals surface area contributed by atoms with Gasteiger partial charge in [0.05, 0.1) is 10.5 Å². The fourth-order valence-electron chi connectivity index (χ4n) is 2.37. The van der Waals surface area contributed by atoms with Gasteiger partial charge in [-0.2, -0.15) is 0 Å². The third-order valence-corrected chi connectivity index (χ3v) is 4.79. The van der Waals surface area contributed by atoms with Gasteiger partial charge in [-0.3, -0.25) is 4.57 Å². The lowest BCUT2D eigenvalue weighted by molar-refractivity contribution is 0.911. The van der Waals surface area contributed by atoms with Crippen LogP contribution in [0.1, 0.15) is 11.4 Å². The average Bonchev–Trinajstić information content (AvgIpc) is 2.82. The molecular formula is C16H13BrCl2N2. The van der Waals surface area contributed by atoms with Crippen LogP contribution in [0.4, 0.5) is 0 Å². The summed E-state index contributed by atoms with van der Waals surface area (Å²) in [5.41, 5.74) is 4.06. The van der Waals surface area contributed by atoms with E-state index in [0.29, 0.717) is 17.3 Å². The molecule has 0 unspecified atom stereocenters. The lowest BCUT2D eigenvalue weighted by Crippen LogP contribution is -2.02. The number of rotatable bonds is 3. The summed E-state index contributed by atoms with van der Waals surface area (Å²) < 4.78 is 3.19. The van der Waals surface area contributed by atoms with Crippen LogP contribution >= 0.6 is 39.1 Å². The summed E-state index contributed by atoms with van der Waals surface area (Å²) in [7, 11) is 0. The number of hydrogen-bond acceptors (Lipinski definition) is 1. The zero-order valence-electron chi connectivity index (χ0n) is 11.4. The van der Waals surface area contributed by atoms with E-state index < -0.39 is 0 Å². The fourth-order valence-corrected chi connectivity index (χ4v) is 3.12. The Balaban J connectivity index is 2.30. The third kappa shape index (κ3) is 2.70. The van der Waals surface area contributed by atoms with Gasteiger partial charge in [-0.1, -0.05) is 39.7 Å². The van der Waals surface area contributed by atoms with Crippen molar-refractivity contribution in [2.45, 2.75) is 13.3 Å². The molecule has 0 saturated carbocycles. The van der Waals surface area contributed by atoms with Crippen LogP contribution in [-0.4, -0.2) is 15.4 Å². The number of fused-ring (bicyclic) bond motifs is 1. The van der Waals surface area contributed by atoms with E-state index in [9.17, 15) is 0 Å². The van der Waals surface area contributed by atoms with Crippen LogP contribution in [0, 0.1) is 6.92 Å². The number of imidazole rings is 1. The number of para-hydroxylation sites is 1. The Morgan fingerprint density at radius 3 is 2.76 bits per heavy atom. The van der Waals surface area contributed by atoms with Gasteiger partial charge in [0.15, 0.2) is 0 Å². The molecule has 0 bridgehead atoms. The summed E-state index contributed by atoms with van der Waals surface area (Å²) in [6, 6.07) is 12.1. The van der Waals surface area contributed by atoms with E-state index in [4.69, 9.17) is 23.2 Å². The predicted molar refractivity (Wildman–Crippen MR) is 92.9 cm³/mol. The second kappa shape index (κ2) is 5.99. The number of nitrogens with zero attached hydrogens (tertiary/aromatic N) is 2. The Labute approximate surface area is 141 Å². The van der Waals surface area contributed by atoms with Gasteiger partial charge < -0.3 is 0 Å². The molecule has 108 valence electrons. The maximum Gasteiger partial charge on any atom is 0.115 e. The van der Waals surface area contributed by atoms with Gasteiger partial charge in [-0.05, 0) is 36.8 Å². The standard InChI is InChI=1S/C16H13BrCl2N2/c1-10-5-6-11(9-12(10)17)21-14-4-2-3-13(19)16(14)20-15(21)7-8-18/h2-6,9H,7-8H2,1H3. The molecule has 21 heavy (non-hydrogen) atoms. The highest BCUT2D eigenvalue weighted by atomic mass is 79.9. The lowest BCUT2D eigenvalue weighted by Gasteiger charge is -2.10. The second-order valence-electron chi connectivity index (χ2n) is 4.84. The predicted octanol–water partition coefficient (Wildman–Crippen LogP) is 5.53. The van der Waals surface area contributed by atoms with Gasteiger partial charge in [0.25, 0.3) is 0 Å². The van der Waals surface area contributed by atoms with Crippen molar-refractivity contribution in [3.63, 3.8) is 0 Å². The molecule has 1 aromatic heterocycles. The van der Waals surface area contributed by atoms with E-state index in [1.165, 1.54) is 5.56 Å². The molecule has 0 atom stereocenters. The molecule has 0 aliphatic heterocycles. The van der Waals surface area contributed by atoms with Gasteiger partial charge in [0.1, 0.15) is 11.3 Å². The fraction of sp³-hybridized carbons (Fsp3) is 0.188. The number of aromatic nitrogens is 2. The van der Waals surface area contributed by atoms with Crippen LogP contribution in [0.3, 0.4) is 0 Å².